The van der Waals surface area contributed by atoms with Gasteiger partial charge >= 0.3 is 12.0 Å². The molecule has 0 aromatic rings. The van der Waals surface area contributed by atoms with Crippen molar-refractivity contribution in [3.63, 3.8) is 0 Å². The molecule has 0 saturated carbocycles. The van der Waals surface area contributed by atoms with Gasteiger partial charge in [0.1, 0.15) is 6.04 Å². The highest BCUT2D eigenvalue weighted by molar-refractivity contribution is 5.83. The fourth-order valence-corrected chi connectivity index (χ4v) is 1.34. The van der Waals surface area contributed by atoms with Crippen molar-refractivity contribution >= 4 is 17.9 Å². The minimum absolute atomic E-state index is 0.0366. The Labute approximate surface area is 118 Å². The molecular weight excluding hydrogens is 266 g/mol. The number of hydrogen-bond acceptors (Lipinski definition) is 4. The molecule has 0 aliphatic rings. The van der Waals surface area contributed by atoms with Gasteiger partial charge in [-0.2, -0.15) is 0 Å². The molecule has 116 valence electrons. The predicted molar refractivity (Wildman–Crippen MR) is 72.1 cm³/mol. The summed E-state index contributed by atoms with van der Waals surface area (Å²) in [6.07, 6.45) is 1.86. The second-order valence-electron chi connectivity index (χ2n) is 4.26. The highest BCUT2D eigenvalue weighted by atomic mass is 16.5. The number of carboxylic acids is 1. The molecule has 1 atom stereocenters. The van der Waals surface area contributed by atoms with E-state index in [1.54, 1.807) is 0 Å². The van der Waals surface area contributed by atoms with Crippen LogP contribution < -0.4 is 16.4 Å². The van der Waals surface area contributed by atoms with Gasteiger partial charge in [-0.15, -0.1) is 0 Å². The first-order valence-corrected chi connectivity index (χ1v) is 6.60. The zero-order valence-corrected chi connectivity index (χ0v) is 11.7. The van der Waals surface area contributed by atoms with Crippen LogP contribution in [0.3, 0.4) is 0 Å². The number of nitrogens with two attached hydrogens (primary N) is 1. The number of hydrogen-bond donors (Lipinski definition) is 4. The van der Waals surface area contributed by atoms with Gasteiger partial charge in [0.2, 0.25) is 5.91 Å². The van der Waals surface area contributed by atoms with Gasteiger partial charge in [-0.3, -0.25) is 4.79 Å². The molecule has 0 aromatic carbocycles. The Bertz CT molecular complexity index is 322. The van der Waals surface area contributed by atoms with Crippen molar-refractivity contribution in [1.29, 1.82) is 0 Å². The van der Waals surface area contributed by atoms with Crippen LogP contribution in [-0.2, 0) is 14.3 Å². The van der Waals surface area contributed by atoms with Crippen molar-refractivity contribution in [2.75, 3.05) is 19.8 Å². The number of aliphatic carboxylic acids is 1. The average Bonchev–Trinajstić information content (AvgIpc) is 2.38. The van der Waals surface area contributed by atoms with Crippen LogP contribution in [0.25, 0.3) is 0 Å². The predicted octanol–water partition coefficient (Wildman–Crippen LogP) is -0.179. The molecule has 0 heterocycles. The smallest absolute Gasteiger partial charge is 0.326 e. The fraction of sp³-hybridized carbons (Fsp3) is 0.750. The highest BCUT2D eigenvalue weighted by Gasteiger charge is 2.20. The van der Waals surface area contributed by atoms with Gasteiger partial charge < -0.3 is 26.2 Å². The van der Waals surface area contributed by atoms with E-state index in [0.717, 1.165) is 12.8 Å². The summed E-state index contributed by atoms with van der Waals surface area (Å²) in [6.45, 7) is 3.34. The Morgan fingerprint density at radius 3 is 2.55 bits per heavy atom. The van der Waals surface area contributed by atoms with Gasteiger partial charge in [0.15, 0.2) is 0 Å². The molecule has 5 N–H and O–H groups in total. The molecule has 0 spiro atoms. The molecule has 3 amide bonds. The first-order valence-electron chi connectivity index (χ1n) is 6.60. The molecular formula is C12H23N3O5. The molecule has 20 heavy (non-hydrogen) atoms. The first-order chi connectivity index (χ1) is 9.47. The van der Waals surface area contributed by atoms with E-state index >= 15 is 0 Å². The van der Waals surface area contributed by atoms with Crippen LogP contribution in [0.2, 0.25) is 0 Å². The van der Waals surface area contributed by atoms with E-state index in [1.165, 1.54) is 0 Å². The van der Waals surface area contributed by atoms with E-state index in [1.807, 2.05) is 6.92 Å². The van der Waals surface area contributed by atoms with Crippen molar-refractivity contribution in [1.82, 2.24) is 10.6 Å². The molecule has 0 saturated heterocycles. The third-order valence-corrected chi connectivity index (χ3v) is 2.46. The molecule has 0 aromatic heterocycles. The second kappa shape index (κ2) is 11.0. The molecule has 8 nitrogen and oxygen atoms in total. The minimum Gasteiger partial charge on any atom is -0.480 e. The van der Waals surface area contributed by atoms with Crippen molar-refractivity contribution in [3.8, 4) is 0 Å². The summed E-state index contributed by atoms with van der Waals surface area (Å²) < 4.78 is 5.24. The highest BCUT2D eigenvalue weighted by Crippen LogP contribution is 1.97. The normalized spacial score (nSPS) is 11.7. The molecule has 0 aliphatic heterocycles. The van der Waals surface area contributed by atoms with Crippen LogP contribution in [0.4, 0.5) is 4.79 Å². The lowest BCUT2D eigenvalue weighted by molar-refractivity contribution is -0.139. The number of carbonyl (C=O) groups is 3. The number of carbonyl (C=O) groups excluding carboxylic acids is 2. The molecule has 0 rings (SSSR count). The molecule has 0 bridgehead atoms. The molecule has 0 fully saturated rings. The minimum atomic E-state index is -1.21. The summed E-state index contributed by atoms with van der Waals surface area (Å²) in [5.74, 6) is -1.82. The Morgan fingerprint density at radius 1 is 1.30 bits per heavy atom. The van der Waals surface area contributed by atoms with Gasteiger partial charge in [-0.05, 0) is 12.8 Å². The number of primary amides is 1. The van der Waals surface area contributed by atoms with E-state index in [0.29, 0.717) is 13.2 Å². The lowest BCUT2D eigenvalue weighted by atomic mass is 10.1. The quantitative estimate of drug-likeness (QED) is 0.392. The van der Waals surface area contributed by atoms with Gasteiger partial charge in [0, 0.05) is 19.6 Å². The van der Waals surface area contributed by atoms with Crippen LogP contribution in [-0.4, -0.2) is 48.8 Å². The van der Waals surface area contributed by atoms with Crippen molar-refractivity contribution in [2.24, 2.45) is 5.73 Å². The molecule has 0 radical (unpaired) electrons. The fourth-order valence-electron chi connectivity index (χ4n) is 1.34. The van der Waals surface area contributed by atoms with Gasteiger partial charge in [-0.1, -0.05) is 13.3 Å². The standard InChI is InChI=1S/C12H23N3O5/c1-2-3-7-20-8-6-14-12(19)15-9(11(17)18)4-5-10(13)16/h9H,2-8H2,1H3,(H2,13,16)(H,17,18)(H2,14,15,19)/t9-/m0/s1. The van der Waals surface area contributed by atoms with E-state index < -0.39 is 23.9 Å². The van der Waals surface area contributed by atoms with E-state index in [9.17, 15) is 14.4 Å². The third kappa shape index (κ3) is 10.1. The lowest BCUT2D eigenvalue weighted by Gasteiger charge is -2.14. The Kier molecular flexibility index (Phi) is 10.0. The Balaban J connectivity index is 3.84. The largest absolute Gasteiger partial charge is 0.480 e. The monoisotopic (exact) mass is 289 g/mol. The zero-order valence-electron chi connectivity index (χ0n) is 11.7. The lowest BCUT2D eigenvalue weighted by Crippen LogP contribution is -2.47. The van der Waals surface area contributed by atoms with Crippen LogP contribution in [0.5, 0.6) is 0 Å². The van der Waals surface area contributed by atoms with E-state index in [4.69, 9.17) is 15.6 Å². The maximum absolute atomic E-state index is 11.4. The summed E-state index contributed by atoms with van der Waals surface area (Å²) in [4.78, 5) is 32.9. The number of nitrogens with one attached hydrogen (secondary N) is 2. The summed E-state index contributed by atoms with van der Waals surface area (Å²) in [5, 5.41) is 13.6. The first kappa shape index (κ1) is 18.2. The maximum atomic E-state index is 11.4. The summed E-state index contributed by atoms with van der Waals surface area (Å²) in [5.41, 5.74) is 4.93. The topological polar surface area (TPSA) is 131 Å². The number of unbranched alkanes of at least 4 members (excludes halogenated alkanes) is 1. The average molecular weight is 289 g/mol. The number of carboxylic acid groups (broad SMARTS) is 1. The molecule has 0 aliphatic carbocycles. The van der Waals surface area contributed by atoms with Crippen molar-refractivity contribution in [2.45, 2.75) is 38.6 Å². The van der Waals surface area contributed by atoms with Gasteiger partial charge in [0.05, 0.1) is 6.61 Å². The van der Waals surface area contributed by atoms with Gasteiger partial charge in [0.25, 0.3) is 0 Å². The number of amides is 3. The third-order valence-electron chi connectivity index (χ3n) is 2.46. The Hall–Kier alpha value is -1.83. The summed E-state index contributed by atoms with van der Waals surface area (Å²) in [7, 11) is 0. The van der Waals surface area contributed by atoms with Crippen molar-refractivity contribution in [3.05, 3.63) is 0 Å². The summed E-state index contributed by atoms with van der Waals surface area (Å²) >= 11 is 0. The van der Waals surface area contributed by atoms with Crippen LogP contribution >= 0.6 is 0 Å². The Morgan fingerprint density at radius 2 is 2.00 bits per heavy atom. The number of ether oxygens (including phenoxy) is 1. The second-order valence-corrected chi connectivity index (χ2v) is 4.26. The maximum Gasteiger partial charge on any atom is 0.326 e. The number of rotatable bonds is 11. The van der Waals surface area contributed by atoms with E-state index in [-0.39, 0.29) is 19.4 Å². The molecule has 0 unspecified atom stereocenters. The van der Waals surface area contributed by atoms with E-state index in [2.05, 4.69) is 10.6 Å². The van der Waals surface area contributed by atoms with Crippen molar-refractivity contribution < 1.29 is 24.2 Å². The SMILES string of the molecule is CCCCOCCNC(=O)N[C@@H](CCC(N)=O)C(=O)O. The zero-order chi connectivity index (χ0) is 15.4. The summed E-state index contributed by atoms with van der Waals surface area (Å²) in [6, 6.07) is -1.75. The van der Waals surface area contributed by atoms with Crippen LogP contribution in [0, 0.1) is 0 Å². The van der Waals surface area contributed by atoms with Crippen LogP contribution in [0.1, 0.15) is 32.6 Å². The van der Waals surface area contributed by atoms with Gasteiger partial charge in [-0.25, -0.2) is 9.59 Å². The number of urea groups is 1. The molecule has 8 heteroatoms. The van der Waals surface area contributed by atoms with Crippen LogP contribution in [0.15, 0.2) is 0 Å².